The molecule has 0 bridgehead atoms. The van der Waals surface area contributed by atoms with Crippen LogP contribution in [0, 0.1) is 5.92 Å². The maximum absolute atomic E-state index is 12.6. The maximum atomic E-state index is 12.6. The Kier molecular flexibility index (Phi) is 11.3. The third-order valence-electron chi connectivity index (χ3n) is 5.37. The number of rotatable bonds is 12. The van der Waals surface area contributed by atoms with Crippen LogP contribution in [0.1, 0.15) is 113 Å². The van der Waals surface area contributed by atoms with Crippen molar-refractivity contribution in [3.05, 3.63) is 12.2 Å². The average Bonchev–Trinajstić information content (AvgIpc) is 2.88. The lowest BCUT2D eigenvalue weighted by Gasteiger charge is -2.34. The monoisotopic (exact) mass is 409 g/mol. The second-order valence-electron chi connectivity index (χ2n) is 10.4. The van der Waals surface area contributed by atoms with Gasteiger partial charge in [0.2, 0.25) is 0 Å². The van der Waals surface area contributed by atoms with Gasteiger partial charge in [0.1, 0.15) is 11.3 Å². The van der Waals surface area contributed by atoms with Gasteiger partial charge in [-0.15, -0.1) is 0 Å². The van der Waals surface area contributed by atoms with E-state index in [4.69, 9.17) is 9.47 Å². The Morgan fingerprint density at radius 3 is 2.17 bits per heavy atom. The second-order valence-corrected chi connectivity index (χ2v) is 10.4. The van der Waals surface area contributed by atoms with Crippen molar-refractivity contribution in [2.45, 2.75) is 130 Å². The van der Waals surface area contributed by atoms with Gasteiger partial charge in [-0.3, -0.25) is 4.90 Å². The highest BCUT2D eigenvalue weighted by Crippen LogP contribution is 2.30. The van der Waals surface area contributed by atoms with Crippen LogP contribution in [-0.4, -0.2) is 35.0 Å². The van der Waals surface area contributed by atoms with E-state index in [2.05, 4.69) is 26.0 Å². The van der Waals surface area contributed by atoms with E-state index in [0.29, 0.717) is 6.61 Å². The molecule has 170 valence electrons. The zero-order valence-electron chi connectivity index (χ0n) is 20.3. The van der Waals surface area contributed by atoms with Crippen LogP contribution in [0.25, 0.3) is 0 Å². The summed E-state index contributed by atoms with van der Waals surface area (Å²) < 4.78 is 11.4. The number of carbonyl (C=O) groups is 1. The van der Waals surface area contributed by atoms with Crippen LogP contribution >= 0.6 is 0 Å². The number of unbranched alkanes of at least 4 members (excludes halogenated alkanes) is 8. The summed E-state index contributed by atoms with van der Waals surface area (Å²) in [6.45, 7) is 14.7. The smallest absolute Gasteiger partial charge is 0.413 e. The van der Waals surface area contributed by atoms with Gasteiger partial charge in [0.15, 0.2) is 0 Å². The molecule has 1 saturated heterocycles. The predicted molar refractivity (Wildman–Crippen MR) is 122 cm³/mol. The number of allylic oxidation sites excluding steroid dienone is 1. The fraction of sp³-hybridized carbons (Fsp3) is 0.880. The second kappa shape index (κ2) is 12.6. The molecule has 0 aromatic heterocycles. The quantitative estimate of drug-likeness (QED) is 0.248. The number of ether oxygens (including phenoxy) is 2. The van der Waals surface area contributed by atoms with Crippen LogP contribution in [0.3, 0.4) is 0 Å². The van der Waals surface area contributed by atoms with Gasteiger partial charge in [-0.1, -0.05) is 77.4 Å². The van der Waals surface area contributed by atoms with Crippen molar-refractivity contribution < 1.29 is 14.3 Å². The van der Waals surface area contributed by atoms with Gasteiger partial charge in [0, 0.05) is 0 Å². The molecule has 1 heterocycles. The van der Waals surface area contributed by atoms with E-state index in [1.54, 1.807) is 4.90 Å². The summed E-state index contributed by atoms with van der Waals surface area (Å²) in [5.41, 5.74) is -1.13. The van der Waals surface area contributed by atoms with Crippen molar-refractivity contribution in [1.29, 1.82) is 0 Å². The van der Waals surface area contributed by atoms with E-state index >= 15 is 0 Å². The first-order valence-electron chi connectivity index (χ1n) is 11.9. The number of hydrogen-bond donors (Lipinski definition) is 0. The lowest BCUT2D eigenvalue weighted by Crippen LogP contribution is -2.49. The molecule has 4 nitrogen and oxygen atoms in total. The zero-order valence-corrected chi connectivity index (χ0v) is 20.3. The van der Waals surface area contributed by atoms with Crippen molar-refractivity contribution in [2.75, 3.05) is 6.61 Å². The number of nitrogens with zero attached hydrogens (tertiary/aromatic N) is 1. The fourth-order valence-electron chi connectivity index (χ4n) is 3.77. The molecule has 1 amide bonds. The van der Waals surface area contributed by atoms with Crippen molar-refractivity contribution >= 4 is 6.09 Å². The first-order valence-corrected chi connectivity index (χ1v) is 11.9. The van der Waals surface area contributed by atoms with E-state index in [1.165, 1.54) is 57.8 Å². The molecule has 0 aromatic carbocycles. The van der Waals surface area contributed by atoms with Gasteiger partial charge in [-0.25, -0.2) is 4.79 Å². The predicted octanol–water partition coefficient (Wildman–Crippen LogP) is 7.47. The van der Waals surface area contributed by atoms with Crippen LogP contribution in [0.4, 0.5) is 4.79 Å². The fourth-order valence-corrected chi connectivity index (χ4v) is 3.77. The number of carbonyl (C=O) groups excluding carboxylic acids is 1. The Hall–Kier alpha value is -1.03. The summed E-state index contributed by atoms with van der Waals surface area (Å²) in [4.78, 5) is 14.3. The standard InChI is InChI=1S/C25H47NO3/c1-21(2)18-16-14-12-10-8-9-11-13-15-17-19-22-20-28-25(6,7)26(22)23(27)29-24(3,4)5/h17,19,21-22H,8-16,18,20H2,1-7H3/b19-17-. The van der Waals surface area contributed by atoms with Gasteiger partial charge < -0.3 is 9.47 Å². The molecule has 1 fully saturated rings. The van der Waals surface area contributed by atoms with Crippen LogP contribution in [0.5, 0.6) is 0 Å². The molecule has 1 unspecified atom stereocenters. The Balaban J connectivity index is 2.22. The molecule has 0 radical (unpaired) electrons. The van der Waals surface area contributed by atoms with Crippen LogP contribution in [0.15, 0.2) is 12.2 Å². The molecule has 1 aliphatic rings. The van der Waals surface area contributed by atoms with Crippen LogP contribution in [-0.2, 0) is 9.47 Å². The first kappa shape index (κ1) is 26.0. The molecular weight excluding hydrogens is 362 g/mol. The lowest BCUT2D eigenvalue weighted by atomic mass is 10.0. The highest BCUT2D eigenvalue weighted by Gasteiger charge is 2.44. The van der Waals surface area contributed by atoms with Crippen molar-refractivity contribution in [1.82, 2.24) is 4.90 Å². The van der Waals surface area contributed by atoms with Gasteiger partial charge in [0.25, 0.3) is 0 Å². The van der Waals surface area contributed by atoms with E-state index in [9.17, 15) is 4.79 Å². The molecule has 29 heavy (non-hydrogen) atoms. The molecule has 0 aromatic rings. The minimum Gasteiger partial charge on any atom is -0.444 e. The van der Waals surface area contributed by atoms with Gasteiger partial charge in [-0.05, 0) is 53.4 Å². The molecule has 0 N–H and O–H groups in total. The lowest BCUT2D eigenvalue weighted by molar-refractivity contribution is -0.0610. The molecule has 0 spiro atoms. The normalized spacial score (nSPS) is 19.4. The summed E-state index contributed by atoms with van der Waals surface area (Å²) in [6.07, 6.45) is 17.2. The van der Waals surface area contributed by atoms with E-state index in [-0.39, 0.29) is 12.1 Å². The topological polar surface area (TPSA) is 38.8 Å². The number of amides is 1. The van der Waals surface area contributed by atoms with Gasteiger partial charge in [-0.2, -0.15) is 0 Å². The summed E-state index contributed by atoms with van der Waals surface area (Å²) in [6, 6.07) is -0.0503. The minimum absolute atomic E-state index is 0.0503. The Bertz CT molecular complexity index is 491. The van der Waals surface area contributed by atoms with Gasteiger partial charge in [0.05, 0.1) is 12.6 Å². The van der Waals surface area contributed by atoms with Crippen molar-refractivity contribution in [3.8, 4) is 0 Å². The molecule has 1 atom stereocenters. The summed E-state index contributed by atoms with van der Waals surface area (Å²) >= 11 is 0. The molecule has 0 saturated carbocycles. The third kappa shape index (κ3) is 11.1. The van der Waals surface area contributed by atoms with Crippen molar-refractivity contribution in [3.63, 3.8) is 0 Å². The Morgan fingerprint density at radius 1 is 1.07 bits per heavy atom. The first-order chi connectivity index (χ1) is 13.5. The largest absolute Gasteiger partial charge is 0.444 e. The molecule has 1 rings (SSSR count). The summed E-state index contributed by atoms with van der Waals surface area (Å²) in [7, 11) is 0. The molecule has 1 aliphatic heterocycles. The zero-order chi connectivity index (χ0) is 21.9. The van der Waals surface area contributed by atoms with E-state index < -0.39 is 11.3 Å². The van der Waals surface area contributed by atoms with E-state index in [1.807, 2.05) is 34.6 Å². The summed E-state index contributed by atoms with van der Waals surface area (Å²) in [5, 5.41) is 0. The third-order valence-corrected chi connectivity index (χ3v) is 5.37. The summed E-state index contributed by atoms with van der Waals surface area (Å²) in [5.74, 6) is 0.848. The Morgan fingerprint density at radius 2 is 1.62 bits per heavy atom. The van der Waals surface area contributed by atoms with Gasteiger partial charge >= 0.3 is 6.09 Å². The highest BCUT2D eigenvalue weighted by atomic mass is 16.6. The van der Waals surface area contributed by atoms with Crippen LogP contribution < -0.4 is 0 Å². The minimum atomic E-state index is -0.632. The van der Waals surface area contributed by atoms with Crippen LogP contribution in [0.2, 0.25) is 0 Å². The SMILES string of the molecule is CC(C)CCCCCCCCCC/C=C\C1COC(C)(C)N1C(=O)OC(C)(C)C. The maximum Gasteiger partial charge on any atom is 0.413 e. The molecule has 4 heteroatoms. The average molecular weight is 410 g/mol. The number of hydrogen-bond acceptors (Lipinski definition) is 3. The molecular formula is C25H47NO3. The Labute approximate surface area is 180 Å². The van der Waals surface area contributed by atoms with Crippen molar-refractivity contribution in [2.24, 2.45) is 5.92 Å². The molecule has 0 aliphatic carbocycles. The highest BCUT2D eigenvalue weighted by molar-refractivity contribution is 5.70. The van der Waals surface area contributed by atoms with E-state index in [0.717, 1.165) is 12.3 Å².